The lowest BCUT2D eigenvalue weighted by Gasteiger charge is -2.35. The largest absolute Gasteiger partial charge is 0.494 e. The fourth-order valence-corrected chi connectivity index (χ4v) is 4.40. The zero-order chi connectivity index (χ0) is 20.1. The second kappa shape index (κ2) is 9.24. The van der Waals surface area contributed by atoms with E-state index in [4.69, 9.17) is 4.74 Å². The number of ether oxygens (including phenoxy) is 1. The van der Waals surface area contributed by atoms with E-state index in [2.05, 4.69) is 43.8 Å². The lowest BCUT2D eigenvalue weighted by Crippen LogP contribution is -2.47. The Labute approximate surface area is 175 Å². The summed E-state index contributed by atoms with van der Waals surface area (Å²) in [6.07, 6.45) is 0.993. The predicted octanol–water partition coefficient (Wildman–Crippen LogP) is 3.85. The maximum atomic E-state index is 11.1. The van der Waals surface area contributed by atoms with Gasteiger partial charge >= 0.3 is 0 Å². The molecule has 0 bridgehead atoms. The van der Waals surface area contributed by atoms with E-state index < -0.39 is 0 Å². The van der Waals surface area contributed by atoms with Crippen molar-refractivity contribution in [2.45, 2.75) is 13.3 Å². The summed E-state index contributed by atoms with van der Waals surface area (Å²) in [7, 11) is 0. The van der Waals surface area contributed by atoms with Crippen molar-refractivity contribution >= 4 is 39.0 Å². The molecule has 1 aromatic heterocycles. The lowest BCUT2D eigenvalue weighted by molar-refractivity contribution is -0.114. The minimum atomic E-state index is -0.0678. The average Bonchev–Trinajstić information content (AvgIpc) is 3.17. The fourth-order valence-electron chi connectivity index (χ4n) is 3.60. The van der Waals surface area contributed by atoms with Crippen molar-refractivity contribution in [3.63, 3.8) is 0 Å². The summed E-state index contributed by atoms with van der Waals surface area (Å²) in [5.74, 6) is 1.90. The van der Waals surface area contributed by atoms with Crippen LogP contribution in [-0.4, -0.2) is 54.5 Å². The number of amides is 1. The van der Waals surface area contributed by atoms with E-state index >= 15 is 0 Å². The number of carbonyl (C=O) groups excluding carboxylic acids is 1. The molecule has 152 valence electrons. The number of aromatic nitrogens is 1. The molecule has 0 spiro atoms. The number of benzene rings is 2. The Balaban J connectivity index is 1.18. The Morgan fingerprint density at radius 3 is 2.62 bits per heavy atom. The number of hydrogen-bond acceptors (Lipinski definition) is 6. The predicted molar refractivity (Wildman–Crippen MR) is 119 cm³/mol. The molecule has 2 heterocycles. The molecule has 0 unspecified atom stereocenters. The van der Waals surface area contributed by atoms with Crippen LogP contribution < -0.4 is 15.0 Å². The molecular weight excluding hydrogens is 384 g/mol. The minimum absolute atomic E-state index is 0.0678. The molecule has 2 aromatic carbocycles. The number of nitrogens with one attached hydrogen (secondary N) is 1. The topological polar surface area (TPSA) is 57.7 Å². The second-order valence-corrected chi connectivity index (χ2v) is 8.04. The van der Waals surface area contributed by atoms with Crippen molar-refractivity contribution in [2.24, 2.45) is 0 Å². The zero-order valence-electron chi connectivity index (χ0n) is 16.6. The molecule has 0 radical (unpaired) electrons. The second-order valence-electron chi connectivity index (χ2n) is 7.24. The average molecular weight is 411 g/mol. The van der Waals surface area contributed by atoms with E-state index in [1.807, 2.05) is 24.3 Å². The van der Waals surface area contributed by atoms with Gasteiger partial charge in [0.05, 0.1) is 11.3 Å². The van der Waals surface area contributed by atoms with E-state index in [9.17, 15) is 4.79 Å². The molecule has 0 aliphatic carbocycles. The van der Waals surface area contributed by atoms with Crippen molar-refractivity contribution in [3.05, 3.63) is 48.5 Å². The third-order valence-electron chi connectivity index (χ3n) is 5.09. The summed E-state index contributed by atoms with van der Waals surface area (Å²) in [6.45, 7) is 7.36. The number of rotatable bonds is 7. The lowest BCUT2D eigenvalue weighted by atomic mass is 10.2. The van der Waals surface area contributed by atoms with Crippen LogP contribution in [0.1, 0.15) is 13.3 Å². The molecule has 0 saturated carbocycles. The number of fused-ring (bicyclic) bond motifs is 1. The molecule has 1 aliphatic heterocycles. The van der Waals surface area contributed by atoms with Crippen molar-refractivity contribution in [3.8, 4) is 5.75 Å². The maximum Gasteiger partial charge on any atom is 0.221 e. The normalized spacial score (nSPS) is 14.9. The molecule has 29 heavy (non-hydrogen) atoms. The summed E-state index contributed by atoms with van der Waals surface area (Å²) < 4.78 is 11.8. The Kier molecular flexibility index (Phi) is 6.27. The van der Waals surface area contributed by atoms with Gasteiger partial charge in [0.2, 0.25) is 5.91 Å². The van der Waals surface area contributed by atoms with E-state index in [1.54, 1.807) is 11.5 Å². The molecule has 7 heteroatoms. The van der Waals surface area contributed by atoms with Gasteiger partial charge in [-0.25, -0.2) is 0 Å². The van der Waals surface area contributed by atoms with E-state index in [-0.39, 0.29) is 5.91 Å². The van der Waals surface area contributed by atoms with Gasteiger partial charge in [-0.05, 0) is 54.4 Å². The van der Waals surface area contributed by atoms with Crippen LogP contribution >= 0.6 is 11.5 Å². The van der Waals surface area contributed by atoms with Gasteiger partial charge in [0.15, 0.2) is 0 Å². The van der Waals surface area contributed by atoms with Crippen molar-refractivity contribution < 1.29 is 9.53 Å². The molecular formula is C22H26N4O2S. The first-order valence-electron chi connectivity index (χ1n) is 10.0. The SMILES string of the molecule is CC(=O)Nc1ccc(OCCCN2CCN(c3nsc4ccccc34)CC2)cc1. The summed E-state index contributed by atoms with van der Waals surface area (Å²) in [5, 5.41) is 4.02. The molecule has 3 aromatic rings. The number of hydrogen-bond donors (Lipinski definition) is 1. The van der Waals surface area contributed by atoms with Gasteiger partial charge in [0.25, 0.3) is 0 Å². The number of carbonyl (C=O) groups is 1. The quantitative estimate of drug-likeness (QED) is 0.600. The third-order valence-corrected chi connectivity index (χ3v) is 5.91. The molecule has 1 saturated heterocycles. The standard InChI is InChI=1S/C22H26N4O2S/c1-17(27)23-18-7-9-19(10-8-18)28-16-4-11-25-12-14-26(15-13-25)22-20-5-2-3-6-21(20)29-24-22/h2-3,5-10H,4,11-16H2,1H3,(H,23,27). The van der Waals surface area contributed by atoms with Crippen LogP contribution in [0.25, 0.3) is 10.1 Å². The number of anilines is 2. The third kappa shape index (κ3) is 5.05. The molecule has 4 rings (SSSR count). The molecule has 1 aliphatic rings. The highest BCUT2D eigenvalue weighted by atomic mass is 32.1. The first kappa shape index (κ1) is 19.7. The minimum Gasteiger partial charge on any atom is -0.494 e. The Morgan fingerprint density at radius 2 is 1.86 bits per heavy atom. The summed E-state index contributed by atoms with van der Waals surface area (Å²) in [4.78, 5) is 16.0. The fraction of sp³-hybridized carbons (Fsp3) is 0.364. The molecule has 6 nitrogen and oxygen atoms in total. The van der Waals surface area contributed by atoms with Gasteiger partial charge in [0, 0.05) is 50.7 Å². The highest BCUT2D eigenvalue weighted by molar-refractivity contribution is 7.13. The summed E-state index contributed by atoms with van der Waals surface area (Å²) in [5.41, 5.74) is 0.788. The van der Waals surface area contributed by atoms with E-state index in [0.717, 1.165) is 56.4 Å². The molecule has 0 atom stereocenters. The van der Waals surface area contributed by atoms with Gasteiger partial charge in [-0.2, -0.15) is 4.37 Å². The highest BCUT2D eigenvalue weighted by Gasteiger charge is 2.20. The van der Waals surface area contributed by atoms with Crippen LogP contribution in [0.3, 0.4) is 0 Å². The number of nitrogens with zero attached hydrogens (tertiary/aromatic N) is 3. The number of piperazine rings is 1. The summed E-state index contributed by atoms with van der Waals surface area (Å²) >= 11 is 1.58. The molecule has 1 amide bonds. The molecule has 1 fully saturated rings. The van der Waals surface area contributed by atoms with Crippen molar-refractivity contribution in [1.29, 1.82) is 0 Å². The van der Waals surface area contributed by atoms with Crippen LogP contribution in [-0.2, 0) is 4.79 Å². The monoisotopic (exact) mass is 410 g/mol. The van der Waals surface area contributed by atoms with Crippen LogP contribution in [0, 0.1) is 0 Å². The van der Waals surface area contributed by atoms with Gasteiger partial charge in [0.1, 0.15) is 11.6 Å². The first-order valence-corrected chi connectivity index (χ1v) is 10.8. The van der Waals surface area contributed by atoms with Gasteiger partial charge in [-0.1, -0.05) is 12.1 Å². The van der Waals surface area contributed by atoms with E-state index in [1.165, 1.54) is 17.0 Å². The first-order chi connectivity index (χ1) is 14.2. The smallest absolute Gasteiger partial charge is 0.221 e. The van der Waals surface area contributed by atoms with Crippen molar-refractivity contribution in [2.75, 3.05) is 49.5 Å². The maximum absolute atomic E-state index is 11.1. The zero-order valence-corrected chi connectivity index (χ0v) is 17.5. The Hall–Kier alpha value is -2.64. The van der Waals surface area contributed by atoms with Crippen LogP contribution in [0.5, 0.6) is 5.75 Å². The van der Waals surface area contributed by atoms with Crippen LogP contribution in [0.15, 0.2) is 48.5 Å². The van der Waals surface area contributed by atoms with Crippen molar-refractivity contribution in [1.82, 2.24) is 9.27 Å². The van der Waals surface area contributed by atoms with Crippen LogP contribution in [0.4, 0.5) is 11.5 Å². The van der Waals surface area contributed by atoms with Gasteiger partial charge in [-0.3, -0.25) is 9.69 Å². The van der Waals surface area contributed by atoms with Crippen LogP contribution in [0.2, 0.25) is 0 Å². The van der Waals surface area contributed by atoms with Gasteiger partial charge < -0.3 is 15.0 Å². The molecule has 1 N–H and O–H groups in total. The Bertz CT molecular complexity index is 949. The Morgan fingerprint density at radius 1 is 1.10 bits per heavy atom. The summed E-state index contributed by atoms with van der Waals surface area (Å²) in [6, 6.07) is 16.0. The highest BCUT2D eigenvalue weighted by Crippen LogP contribution is 2.29. The van der Waals surface area contributed by atoms with Gasteiger partial charge in [-0.15, -0.1) is 0 Å². The van der Waals surface area contributed by atoms with E-state index in [0.29, 0.717) is 6.61 Å².